The van der Waals surface area contributed by atoms with Crippen molar-refractivity contribution in [2.24, 2.45) is 0 Å². The van der Waals surface area contributed by atoms with Crippen LogP contribution in [-0.2, 0) is 0 Å². The summed E-state index contributed by atoms with van der Waals surface area (Å²) in [5, 5.41) is 2.33. The van der Waals surface area contributed by atoms with Crippen molar-refractivity contribution in [3.8, 4) is 0 Å². The van der Waals surface area contributed by atoms with Crippen molar-refractivity contribution in [1.29, 1.82) is 0 Å². The predicted molar refractivity (Wildman–Crippen MR) is 68.8 cm³/mol. The van der Waals surface area contributed by atoms with Gasteiger partial charge in [-0.2, -0.15) is 0 Å². The van der Waals surface area contributed by atoms with Crippen molar-refractivity contribution in [3.05, 3.63) is 42.7 Å². The SMILES string of the molecule is CSc1cc2cccnc2c2ncccc12. The fourth-order valence-electron chi connectivity index (χ4n) is 1.91. The Balaban J connectivity index is 2.57. The Hall–Kier alpha value is -1.61. The van der Waals surface area contributed by atoms with Crippen molar-refractivity contribution in [2.45, 2.75) is 4.90 Å². The molecule has 0 amide bonds. The van der Waals surface area contributed by atoms with Gasteiger partial charge in [0.25, 0.3) is 0 Å². The Morgan fingerprint density at radius 1 is 1.00 bits per heavy atom. The lowest BCUT2D eigenvalue weighted by atomic mass is 10.1. The van der Waals surface area contributed by atoms with Crippen molar-refractivity contribution in [1.82, 2.24) is 9.97 Å². The number of aromatic nitrogens is 2. The lowest BCUT2D eigenvalue weighted by Crippen LogP contribution is -1.86. The van der Waals surface area contributed by atoms with Crippen LogP contribution in [0.2, 0.25) is 0 Å². The minimum Gasteiger partial charge on any atom is -0.254 e. The first-order chi connectivity index (χ1) is 7.90. The molecule has 0 spiro atoms. The topological polar surface area (TPSA) is 25.8 Å². The molecule has 2 nitrogen and oxygen atoms in total. The lowest BCUT2D eigenvalue weighted by molar-refractivity contribution is 1.36. The van der Waals surface area contributed by atoms with E-state index in [1.165, 1.54) is 10.3 Å². The van der Waals surface area contributed by atoms with Gasteiger partial charge in [0.1, 0.15) is 0 Å². The quantitative estimate of drug-likeness (QED) is 0.469. The summed E-state index contributed by atoms with van der Waals surface area (Å²) in [6.45, 7) is 0. The second-order valence-electron chi connectivity index (χ2n) is 3.55. The summed E-state index contributed by atoms with van der Waals surface area (Å²) in [5.41, 5.74) is 1.97. The molecule has 0 radical (unpaired) electrons. The fourth-order valence-corrected chi connectivity index (χ4v) is 2.54. The molecule has 0 fully saturated rings. The number of rotatable bonds is 1. The highest BCUT2D eigenvalue weighted by atomic mass is 32.2. The number of hydrogen-bond acceptors (Lipinski definition) is 3. The molecule has 0 bridgehead atoms. The molecule has 3 heteroatoms. The maximum absolute atomic E-state index is 4.44. The molecule has 0 atom stereocenters. The normalized spacial score (nSPS) is 11.1. The van der Waals surface area contributed by atoms with Gasteiger partial charge in [0, 0.05) is 28.1 Å². The molecular weight excluding hydrogens is 216 g/mol. The largest absolute Gasteiger partial charge is 0.254 e. The van der Waals surface area contributed by atoms with Crippen LogP contribution < -0.4 is 0 Å². The van der Waals surface area contributed by atoms with Gasteiger partial charge in [0.2, 0.25) is 0 Å². The maximum Gasteiger partial charge on any atom is 0.0975 e. The van der Waals surface area contributed by atoms with E-state index in [4.69, 9.17) is 0 Å². The van der Waals surface area contributed by atoms with Gasteiger partial charge in [-0.1, -0.05) is 12.1 Å². The van der Waals surface area contributed by atoms with Gasteiger partial charge in [-0.3, -0.25) is 9.97 Å². The van der Waals surface area contributed by atoms with Crippen LogP contribution in [0.3, 0.4) is 0 Å². The minimum atomic E-state index is 0.982. The molecule has 0 saturated carbocycles. The Kier molecular flexibility index (Phi) is 2.26. The molecule has 3 rings (SSSR count). The Bertz CT molecular complexity index is 664. The average molecular weight is 226 g/mol. The minimum absolute atomic E-state index is 0.982. The number of nitrogens with zero attached hydrogens (tertiary/aromatic N) is 2. The molecule has 0 unspecified atom stereocenters. The van der Waals surface area contributed by atoms with E-state index in [2.05, 4.69) is 34.4 Å². The van der Waals surface area contributed by atoms with Crippen LogP contribution in [0.15, 0.2) is 47.6 Å². The molecule has 1 aromatic carbocycles. The van der Waals surface area contributed by atoms with Crippen molar-refractivity contribution in [3.63, 3.8) is 0 Å². The monoisotopic (exact) mass is 226 g/mol. The second-order valence-corrected chi connectivity index (χ2v) is 4.40. The average Bonchev–Trinajstić information content (AvgIpc) is 2.38. The van der Waals surface area contributed by atoms with Gasteiger partial charge in [0.05, 0.1) is 11.0 Å². The van der Waals surface area contributed by atoms with Gasteiger partial charge in [-0.25, -0.2) is 0 Å². The van der Waals surface area contributed by atoms with E-state index in [1.807, 2.05) is 24.5 Å². The van der Waals surface area contributed by atoms with Gasteiger partial charge >= 0.3 is 0 Å². The van der Waals surface area contributed by atoms with E-state index in [0.29, 0.717) is 0 Å². The van der Waals surface area contributed by atoms with E-state index in [1.54, 1.807) is 11.8 Å². The van der Waals surface area contributed by atoms with E-state index in [9.17, 15) is 0 Å². The summed E-state index contributed by atoms with van der Waals surface area (Å²) in [6, 6.07) is 10.3. The molecule has 2 heterocycles. The van der Waals surface area contributed by atoms with Crippen LogP contribution in [0.4, 0.5) is 0 Å². The molecule has 2 aromatic heterocycles. The third-order valence-electron chi connectivity index (χ3n) is 2.64. The van der Waals surface area contributed by atoms with Crippen molar-refractivity contribution in [2.75, 3.05) is 6.26 Å². The van der Waals surface area contributed by atoms with Gasteiger partial charge in [-0.05, 0) is 24.5 Å². The molecule has 0 aliphatic heterocycles. The van der Waals surface area contributed by atoms with Gasteiger partial charge in [0.15, 0.2) is 0 Å². The Morgan fingerprint density at radius 2 is 1.75 bits per heavy atom. The highest BCUT2D eigenvalue weighted by molar-refractivity contribution is 7.98. The molecule has 0 aliphatic rings. The third kappa shape index (κ3) is 1.36. The predicted octanol–water partition coefficient (Wildman–Crippen LogP) is 3.50. The van der Waals surface area contributed by atoms with Crippen LogP contribution in [0.1, 0.15) is 0 Å². The number of fused-ring (bicyclic) bond motifs is 3. The maximum atomic E-state index is 4.44. The number of thioether (sulfide) groups is 1. The highest BCUT2D eigenvalue weighted by Gasteiger charge is 2.06. The Morgan fingerprint density at radius 3 is 2.56 bits per heavy atom. The number of benzene rings is 1. The van der Waals surface area contributed by atoms with Crippen LogP contribution in [-0.4, -0.2) is 16.2 Å². The third-order valence-corrected chi connectivity index (χ3v) is 3.42. The zero-order valence-electron chi connectivity index (χ0n) is 8.84. The molecule has 0 saturated heterocycles. The van der Waals surface area contributed by atoms with E-state index < -0.39 is 0 Å². The van der Waals surface area contributed by atoms with Gasteiger partial charge < -0.3 is 0 Å². The summed E-state index contributed by atoms with van der Waals surface area (Å²) in [4.78, 5) is 10.1. The standard InChI is InChI=1S/C13H10N2S/c1-16-11-8-9-4-2-6-14-12(9)13-10(11)5-3-7-15-13/h2-8H,1H3. The second kappa shape index (κ2) is 3.76. The first-order valence-corrected chi connectivity index (χ1v) is 6.29. The first-order valence-electron chi connectivity index (χ1n) is 5.06. The summed E-state index contributed by atoms with van der Waals surface area (Å²) >= 11 is 1.75. The number of hydrogen-bond donors (Lipinski definition) is 0. The summed E-state index contributed by atoms with van der Waals surface area (Å²) < 4.78 is 0. The van der Waals surface area contributed by atoms with Crippen LogP contribution in [0.5, 0.6) is 0 Å². The smallest absolute Gasteiger partial charge is 0.0975 e. The summed E-state index contributed by atoms with van der Waals surface area (Å²) in [6.07, 6.45) is 5.72. The molecule has 78 valence electrons. The molecule has 16 heavy (non-hydrogen) atoms. The highest BCUT2D eigenvalue weighted by Crippen LogP contribution is 2.30. The zero-order valence-corrected chi connectivity index (χ0v) is 9.66. The van der Waals surface area contributed by atoms with Crippen molar-refractivity contribution >= 4 is 33.6 Å². The first kappa shape index (κ1) is 9.60. The van der Waals surface area contributed by atoms with E-state index >= 15 is 0 Å². The fraction of sp³-hybridized carbons (Fsp3) is 0.0769. The summed E-state index contributed by atoms with van der Waals surface area (Å²) in [5.74, 6) is 0. The van der Waals surface area contributed by atoms with E-state index in [0.717, 1.165) is 16.4 Å². The summed E-state index contributed by atoms with van der Waals surface area (Å²) in [7, 11) is 0. The Labute approximate surface area is 97.7 Å². The van der Waals surface area contributed by atoms with Crippen LogP contribution >= 0.6 is 11.8 Å². The molecule has 3 aromatic rings. The van der Waals surface area contributed by atoms with Crippen LogP contribution in [0, 0.1) is 0 Å². The van der Waals surface area contributed by atoms with E-state index in [-0.39, 0.29) is 0 Å². The zero-order chi connectivity index (χ0) is 11.0. The van der Waals surface area contributed by atoms with Crippen LogP contribution in [0.25, 0.3) is 21.8 Å². The molecule has 0 aliphatic carbocycles. The molecular formula is C13H10N2S. The van der Waals surface area contributed by atoms with Gasteiger partial charge in [-0.15, -0.1) is 11.8 Å². The number of pyridine rings is 2. The molecule has 0 N–H and O–H groups in total. The lowest BCUT2D eigenvalue weighted by Gasteiger charge is -2.06. The van der Waals surface area contributed by atoms with Crippen molar-refractivity contribution < 1.29 is 0 Å².